The maximum Gasteiger partial charge on any atom is 0.410 e. The summed E-state index contributed by atoms with van der Waals surface area (Å²) in [7, 11) is 0. The van der Waals surface area contributed by atoms with Gasteiger partial charge in [-0.1, -0.05) is 0 Å². The van der Waals surface area contributed by atoms with Gasteiger partial charge in [-0.25, -0.2) is 4.79 Å². The maximum absolute atomic E-state index is 11.9. The average Bonchev–Trinajstić information content (AvgIpc) is 2.84. The largest absolute Gasteiger partial charge is 0.444 e. The lowest BCUT2D eigenvalue weighted by Gasteiger charge is -2.26. The second-order valence-corrected chi connectivity index (χ2v) is 6.53. The molecule has 0 unspecified atom stereocenters. The molecule has 0 aliphatic carbocycles. The van der Waals surface area contributed by atoms with Crippen LogP contribution in [0.25, 0.3) is 0 Å². The molecular formula is C14H25N3O2S. The number of ether oxygens (including phenoxy) is 1. The summed E-state index contributed by atoms with van der Waals surface area (Å²) in [4.78, 5) is 18.9. The molecule has 0 fully saturated rings. The van der Waals surface area contributed by atoms with E-state index in [1.807, 2.05) is 39.4 Å². The molecule has 1 aromatic rings. The minimum atomic E-state index is -0.436. The highest BCUT2D eigenvalue weighted by Crippen LogP contribution is 2.10. The van der Waals surface area contributed by atoms with Crippen molar-refractivity contribution >= 4 is 17.4 Å². The molecule has 6 heteroatoms. The summed E-state index contributed by atoms with van der Waals surface area (Å²) in [6.07, 6.45) is 2.55. The van der Waals surface area contributed by atoms with Gasteiger partial charge in [0.2, 0.25) is 0 Å². The van der Waals surface area contributed by atoms with E-state index in [1.54, 1.807) is 16.2 Å². The van der Waals surface area contributed by atoms with Crippen LogP contribution in [0, 0.1) is 0 Å². The van der Waals surface area contributed by atoms with E-state index in [1.165, 1.54) is 4.88 Å². The summed E-state index contributed by atoms with van der Waals surface area (Å²) in [6, 6.07) is 0. The van der Waals surface area contributed by atoms with Crippen molar-refractivity contribution in [2.24, 2.45) is 0 Å². The van der Waals surface area contributed by atoms with Gasteiger partial charge in [0.25, 0.3) is 0 Å². The number of thiazole rings is 1. The Balaban J connectivity index is 2.19. The fraction of sp³-hybridized carbons (Fsp3) is 0.714. The highest BCUT2D eigenvalue weighted by atomic mass is 32.1. The monoisotopic (exact) mass is 299 g/mol. The van der Waals surface area contributed by atoms with Crippen LogP contribution < -0.4 is 5.32 Å². The van der Waals surface area contributed by atoms with Gasteiger partial charge in [-0.2, -0.15) is 0 Å². The van der Waals surface area contributed by atoms with E-state index in [9.17, 15) is 4.79 Å². The first-order valence-electron chi connectivity index (χ1n) is 6.98. The highest BCUT2D eigenvalue weighted by molar-refractivity contribution is 7.09. The van der Waals surface area contributed by atoms with Gasteiger partial charge in [0.1, 0.15) is 5.60 Å². The summed E-state index contributed by atoms with van der Waals surface area (Å²) < 4.78 is 5.37. The Bertz CT molecular complexity index is 388. The molecule has 0 saturated carbocycles. The normalized spacial score (nSPS) is 11.4. The molecule has 1 aromatic heterocycles. The van der Waals surface area contributed by atoms with Gasteiger partial charge >= 0.3 is 6.09 Å². The molecular weight excluding hydrogens is 274 g/mol. The summed E-state index contributed by atoms with van der Waals surface area (Å²) in [5.41, 5.74) is 1.40. The zero-order valence-corrected chi connectivity index (χ0v) is 13.6. The van der Waals surface area contributed by atoms with E-state index in [2.05, 4.69) is 10.3 Å². The van der Waals surface area contributed by atoms with Crippen LogP contribution in [0.15, 0.2) is 11.7 Å². The topological polar surface area (TPSA) is 54.5 Å². The summed E-state index contributed by atoms with van der Waals surface area (Å²) >= 11 is 1.64. The van der Waals surface area contributed by atoms with Crippen LogP contribution in [0.2, 0.25) is 0 Å². The van der Waals surface area contributed by atoms with Crippen LogP contribution >= 0.6 is 11.3 Å². The molecule has 20 heavy (non-hydrogen) atoms. The maximum atomic E-state index is 11.9. The molecule has 1 heterocycles. The molecule has 1 amide bonds. The van der Waals surface area contributed by atoms with Crippen LogP contribution in [0.3, 0.4) is 0 Å². The van der Waals surface area contributed by atoms with Crippen molar-refractivity contribution in [3.8, 4) is 0 Å². The molecule has 0 atom stereocenters. The summed E-state index contributed by atoms with van der Waals surface area (Å²) in [5.74, 6) is 0. The Hall–Kier alpha value is -1.14. The zero-order valence-electron chi connectivity index (χ0n) is 12.8. The van der Waals surface area contributed by atoms with E-state index >= 15 is 0 Å². The molecule has 0 aliphatic rings. The molecule has 0 radical (unpaired) electrons. The van der Waals surface area contributed by atoms with E-state index < -0.39 is 5.60 Å². The Labute approximate surface area is 125 Å². The smallest absolute Gasteiger partial charge is 0.410 e. The molecule has 0 aromatic carbocycles. The number of amides is 1. The Morgan fingerprint density at radius 3 is 2.80 bits per heavy atom. The van der Waals surface area contributed by atoms with Crippen LogP contribution in [0.4, 0.5) is 4.79 Å². The third kappa shape index (κ3) is 6.86. The zero-order chi connectivity index (χ0) is 15.0. The summed E-state index contributed by atoms with van der Waals surface area (Å²) in [5, 5.41) is 3.35. The second kappa shape index (κ2) is 8.21. The molecule has 1 N–H and O–H groups in total. The van der Waals surface area contributed by atoms with Crippen molar-refractivity contribution < 1.29 is 9.53 Å². The van der Waals surface area contributed by atoms with Crippen molar-refractivity contribution in [1.82, 2.24) is 15.2 Å². The van der Waals surface area contributed by atoms with Crippen LogP contribution in [-0.2, 0) is 11.3 Å². The van der Waals surface area contributed by atoms with Gasteiger partial charge in [-0.3, -0.25) is 4.98 Å². The highest BCUT2D eigenvalue weighted by Gasteiger charge is 2.20. The number of rotatable bonds is 7. The number of carbonyl (C=O) groups excluding carboxylic acids is 1. The van der Waals surface area contributed by atoms with Crippen LogP contribution in [0.5, 0.6) is 0 Å². The van der Waals surface area contributed by atoms with Crippen LogP contribution in [0.1, 0.15) is 39.0 Å². The first-order chi connectivity index (χ1) is 9.42. The van der Waals surface area contributed by atoms with Gasteiger partial charge in [0.05, 0.1) is 5.51 Å². The molecule has 0 saturated heterocycles. The van der Waals surface area contributed by atoms with Gasteiger partial charge in [-0.05, 0) is 40.7 Å². The van der Waals surface area contributed by atoms with E-state index in [4.69, 9.17) is 4.74 Å². The van der Waals surface area contributed by atoms with Crippen molar-refractivity contribution in [1.29, 1.82) is 0 Å². The van der Waals surface area contributed by atoms with Crippen LogP contribution in [-0.4, -0.2) is 41.2 Å². The average molecular weight is 299 g/mol. The second-order valence-electron chi connectivity index (χ2n) is 5.56. The van der Waals surface area contributed by atoms with Gasteiger partial charge in [0.15, 0.2) is 0 Å². The van der Waals surface area contributed by atoms with Crippen molar-refractivity contribution in [2.45, 2.75) is 46.3 Å². The molecule has 0 bridgehead atoms. The van der Waals surface area contributed by atoms with E-state index in [0.717, 1.165) is 19.5 Å². The van der Waals surface area contributed by atoms with Gasteiger partial charge in [-0.15, -0.1) is 11.3 Å². The van der Waals surface area contributed by atoms with E-state index in [-0.39, 0.29) is 6.09 Å². The lowest BCUT2D eigenvalue weighted by Crippen LogP contribution is -2.38. The predicted molar refractivity (Wildman–Crippen MR) is 81.9 cm³/mol. The van der Waals surface area contributed by atoms with E-state index in [0.29, 0.717) is 13.1 Å². The van der Waals surface area contributed by atoms with Gasteiger partial charge in [0, 0.05) is 30.7 Å². The van der Waals surface area contributed by atoms with Crippen molar-refractivity contribution in [2.75, 3.05) is 19.6 Å². The number of carbonyl (C=O) groups is 1. The molecule has 0 spiro atoms. The molecule has 5 nitrogen and oxygen atoms in total. The standard InChI is InChI=1S/C14H25N3O2S/c1-5-17(13(18)19-14(2,3)4)8-6-7-15-9-12-10-16-11-20-12/h10-11,15H,5-9H2,1-4H3. The van der Waals surface area contributed by atoms with Gasteiger partial charge < -0.3 is 15.0 Å². The third-order valence-electron chi connectivity index (χ3n) is 2.60. The first-order valence-corrected chi connectivity index (χ1v) is 7.86. The Kier molecular flexibility index (Phi) is 6.95. The SMILES string of the molecule is CCN(CCCNCc1cncs1)C(=O)OC(C)(C)C. The first kappa shape index (κ1) is 16.9. The Morgan fingerprint density at radius 2 is 2.25 bits per heavy atom. The minimum Gasteiger partial charge on any atom is -0.444 e. The Morgan fingerprint density at radius 1 is 1.50 bits per heavy atom. The minimum absolute atomic E-state index is 0.234. The third-order valence-corrected chi connectivity index (χ3v) is 3.38. The number of hydrogen-bond acceptors (Lipinski definition) is 5. The predicted octanol–water partition coefficient (Wildman–Crippen LogP) is 2.88. The number of hydrogen-bond donors (Lipinski definition) is 1. The van der Waals surface area contributed by atoms with Crippen molar-refractivity contribution in [3.63, 3.8) is 0 Å². The fourth-order valence-corrected chi connectivity index (χ4v) is 2.21. The fourth-order valence-electron chi connectivity index (χ4n) is 1.64. The van der Waals surface area contributed by atoms with Crippen molar-refractivity contribution in [3.05, 3.63) is 16.6 Å². The lowest BCUT2D eigenvalue weighted by atomic mass is 10.2. The number of aromatic nitrogens is 1. The number of nitrogens with one attached hydrogen (secondary N) is 1. The number of nitrogens with zero attached hydrogens (tertiary/aromatic N) is 2. The summed E-state index contributed by atoms with van der Waals surface area (Å²) in [6.45, 7) is 10.7. The molecule has 0 aliphatic heterocycles. The quantitative estimate of drug-likeness (QED) is 0.787. The molecule has 114 valence electrons. The lowest BCUT2D eigenvalue weighted by molar-refractivity contribution is 0.0258. The molecule has 1 rings (SSSR count).